The van der Waals surface area contributed by atoms with Gasteiger partial charge in [-0.2, -0.15) is 8.78 Å². The number of amides is 1. The minimum absolute atomic E-state index is 0.0372. The highest BCUT2D eigenvalue weighted by Gasteiger charge is 2.61. The zero-order valence-corrected chi connectivity index (χ0v) is 11.9. The Morgan fingerprint density at radius 3 is 2.70 bits per heavy atom. The molecule has 1 heterocycles. The maximum Gasteiger partial charge on any atom is 0.352 e. The van der Waals surface area contributed by atoms with Crippen LogP contribution in [0.15, 0.2) is 0 Å². The molecule has 1 amide bonds. The van der Waals surface area contributed by atoms with E-state index < -0.39 is 23.5 Å². The van der Waals surface area contributed by atoms with Crippen molar-refractivity contribution in [2.45, 2.75) is 49.9 Å². The molecule has 1 aliphatic heterocycles. The number of carbonyl (C=O) groups is 1. The first kappa shape index (κ1) is 15.6. The Labute approximate surface area is 117 Å². The Balaban J connectivity index is 1.93. The lowest BCUT2D eigenvalue weighted by Crippen LogP contribution is -2.63. The molecule has 0 aromatic carbocycles. The minimum atomic E-state index is -3.75. The molecule has 1 saturated heterocycles. The fourth-order valence-electron chi connectivity index (χ4n) is 2.54. The van der Waals surface area contributed by atoms with E-state index in [0.717, 1.165) is 6.54 Å². The molecule has 2 aliphatic rings. The fourth-order valence-corrected chi connectivity index (χ4v) is 2.54. The number of morpholine rings is 1. The van der Waals surface area contributed by atoms with Gasteiger partial charge < -0.3 is 20.1 Å². The average Bonchev–Trinajstić information content (AvgIpc) is 2.35. The number of nitrogens with one attached hydrogen (secondary N) is 1. The van der Waals surface area contributed by atoms with E-state index >= 15 is 0 Å². The van der Waals surface area contributed by atoms with E-state index in [4.69, 9.17) is 4.74 Å². The van der Waals surface area contributed by atoms with Crippen molar-refractivity contribution >= 4 is 5.91 Å². The van der Waals surface area contributed by atoms with Crippen molar-refractivity contribution in [1.82, 2.24) is 10.2 Å². The van der Waals surface area contributed by atoms with Gasteiger partial charge in [-0.25, -0.2) is 0 Å². The lowest BCUT2D eigenvalue weighted by molar-refractivity contribution is -0.217. The molecule has 20 heavy (non-hydrogen) atoms. The third-order valence-electron chi connectivity index (χ3n) is 4.26. The van der Waals surface area contributed by atoms with Gasteiger partial charge in [0.05, 0.1) is 18.8 Å². The number of ether oxygens (including phenoxy) is 1. The lowest BCUT2D eigenvalue weighted by atomic mass is 9.75. The lowest BCUT2D eigenvalue weighted by Gasteiger charge is -2.42. The number of nitrogens with zero attached hydrogens (tertiary/aromatic N) is 1. The second-order valence-corrected chi connectivity index (χ2v) is 5.89. The van der Waals surface area contributed by atoms with Crippen LogP contribution >= 0.6 is 0 Å². The molecule has 1 aliphatic carbocycles. The third-order valence-corrected chi connectivity index (χ3v) is 4.26. The summed E-state index contributed by atoms with van der Waals surface area (Å²) in [4.78, 5) is 13.8. The van der Waals surface area contributed by atoms with Crippen LogP contribution in [0.4, 0.5) is 8.78 Å². The maximum absolute atomic E-state index is 13.9. The number of hydrogen-bond donors (Lipinski definition) is 2. The van der Waals surface area contributed by atoms with Gasteiger partial charge in [0, 0.05) is 13.1 Å². The van der Waals surface area contributed by atoms with Gasteiger partial charge in [0.15, 0.2) is 0 Å². The number of halogens is 2. The average molecular weight is 292 g/mol. The predicted octanol–water partition coefficient (Wildman–Crippen LogP) is 0.372. The van der Waals surface area contributed by atoms with Gasteiger partial charge in [0.1, 0.15) is 5.60 Å². The van der Waals surface area contributed by atoms with E-state index in [9.17, 15) is 18.7 Å². The molecular formula is C13H22F2N2O3. The number of alkyl halides is 2. The zero-order valence-electron chi connectivity index (χ0n) is 11.9. The number of aliphatic hydroxyl groups is 1. The molecular weight excluding hydrogens is 270 g/mol. The number of carbonyl (C=O) groups excluding carboxylic acids is 1. The molecule has 2 unspecified atom stereocenters. The van der Waals surface area contributed by atoms with E-state index in [1.165, 1.54) is 0 Å². The fraction of sp³-hybridized carbons (Fsp3) is 0.923. The van der Waals surface area contributed by atoms with Crippen LogP contribution in [0.5, 0.6) is 0 Å². The van der Waals surface area contributed by atoms with Crippen LogP contribution in [-0.2, 0) is 9.53 Å². The Bertz CT molecular complexity index is 375. The van der Waals surface area contributed by atoms with Crippen molar-refractivity contribution in [3.63, 3.8) is 0 Å². The summed E-state index contributed by atoms with van der Waals surface area (Å²) >= 11 is 0. The molecule has 1 saturated carbocycles. The van der Waals surface area contributed by atoms with Gasteiger partial charge in [-0.05, 0) is 33.2 Å². The summed E-state index contributed by atoms with van der Waals surface area (Å²) in [5, 5.41) is 12.0. The molecule has 0 bridgehead atoms. The number of hydrogen-bond acceptors (Lipinski definition) is 4. The molecule has 5 nitrogen and oxygen atoms in total. The molecule has 2 N–H and O–H groups in total. The topological polar surface area (TPSA) is 61.8 Å². The van der Waals surface area contributed by atoms with Crippen LogP contribution in [0.3, 0.4) is 0 Å². The van der Waals surface area contributed by atoms with Crippen LogP contribution < -0.4 is 5.32 Å². The largest absolute Gasteiger partial charge is 0.383 e. The maximum atomic E-state index is 13.9. The van der Waals surface area contributed by atoms with Crippen molar-refractivity contribution in [1.29, 1.82) is 0 Å². The second kappa shape index (κ2) is 5.54. The van der Waals surface area contributed by atoms with Crippen molar-refractivity contribution in [3.8, 4) is 0 Å². The molecule has 0 radical (unpaired) electrons. The summed E-state index contributed by atoms with van der Waals surface area (Å²) in [6, 6.07) is -0.528. The molecule has 0 spiro atoms. The summed E-state index contributed by atoms with van der Waals surface area (Å²) in [5.41, 5.74) is -2.18. The molecule has 0 aromatic rings. The summed E-state index contributed by atoms with van der Waals surface area (Å²) in [7, 11) is 1.91. The Hall–Kier alpha value is -0.790. The predicted molar refractivity (Wildman–Crippen MR) is 68.6 cm³/mol. The summed E-state index contributed by atoms with van der Waals surface area (Å²) in [6.45, 7) is 3.52. The van der Waals surface area contributed by atoms with Gasteiger partial charge in [0.25, 0.3) is 5.91 Å². The summed E-state index contributed by atoms with van der Waals surface area (Å²) < 4.78 is 33.4. The van der Waals surface area contributed by atoms with E-state index in [2.05, 4.69) is 5.32 Å². The SMILES string of the molecule is CC(NC(=O)C(F)(F)C1(O)CCC1)C1CN(C)CCO1. The smallest absolute Gasteiger partial charge is 0.352 e. The third kappa shape index (κ3) is 2.80. The van der Waals surface area contributed by atoms with Gasteiger partial charge >= 0.3 is 5.92 Å². The first-order valence-corrected chi connectivity index (χ1v) is 6.97. The molecule has 116 valence electrons. The van der Waals surface area contributed by atoms with Crippen LogP contribution in [0, 0.1) is 0 Å². The standard InChI is InChI=1S/C13H22F2N2O3/c1-9(10-8-17(2)6-7-20-10)16-11(18)13(14,15)12(19)4-3-5-12/h9-10,19H,3-8H2,1-2H3,(H,16,18). The highest BCUT2D eigenvalue weighted by molar-refractivity contribution is 5.85. The number of rotatable bonds is 4. The van der Waals surface area contributed by atoms with Gasteiger partial charge in [-0.1, -0.05) is 0 Å². The van der Waals surface area contributed by atoms with Crippen molar-refractivity contribution in [3.05, 3.63) is 0 Å². The Morgan fingerprint density at radius 1 is 1.55 bits per heavy atom. The van der Waals surface area contributed by atoms with Gasteiger partial charge in [-0.15, -0.1) is 0 Å². The molecule has 7 heteroatoms. The first-order valence-electron chi connectivity index (χ1n) is 6.97. The van der Waals surface area contributed by atoms with Crippen molar-refractivity contribution < 1.29 is 23.4 Å². The van der Waals surface area contributed by atoms with Gasteiger partial charge in [0.2, 0.25) is 0 Å². The molecule has 2 fully saturated rings. The first-order chi connectivity index (χ1) is 9.26. The molecule has 2 rings (SSSR count). The van der Waals surface area contributed by atoms with Crippen molar-refractivity contribution in [2.24, 2.45) is 0 Å². The highest BCUT2D eigenvalue weighted by atomic mass is 19.3. The number of likely N-dealkylation sites (N-methyl/N-ethyl adjacent to an activating group) is 1. The quantitative estimate of drug-likeness (QED) is 0.786. The van der Waals surface area contributed by atoms with E-state index in [-0.39, 0.29) is 18.9 Å². The minimum Gasteiger partial charge on any atom is -0.383 e. The monoisotopic (exact) mass is 292 g/mol. The second-order valence-electron chi connectivity index (χ2n) is 5.89. The van der Waals surface area contributed by atoms with Crippen LogP contribution in [0.2, 0.25) is 0 Å². The molecule has 0 aromatic heterocycles. The zero-order chi connectivity index (χ0) is 15.0. The van der Waals surface area contributed by atoms with E-state index in [0.29, 0.717) is 19.6 Å². The Kier molecular flexibility index (Phi) is 4.32. The van der Waals surface area contributed by atoms with Crippen LogP contribution in [-0.4, -0.2) is 66.3 Å². The van der Waals surface area contributed by atoms with E-state index in [1.54, 1.807) is 6.92 Å². The Morgan fingerprint density at radius 2 is 2.20 bits per heavy atom. The summed E-state index contributed by atoms with van der Waals surface area (Å²) in [6.07, 6.45) is 0.130. The van der Waals surface area contributed by atoms with Crippen molar-refractivity contribution in [2.75, 3.05) is 26.7 Å². The normalized spacial score (nSPS) is 28.6. The van der Waals surface area contributed by atoms with Crippen LogP contribution in [0.25, 0.3) is 0 Å². The highest BCUT2D eigenvalue weighted by Crippen LogP contribution is 2.44. The van der Waals surface area contributed by atoms with E-state index in [1.807, 2.05) is 11.9 Å². The van der Waals surface area contributed by atoms with Gasteiger partial charge in [-0.3, -0.25) is 4.79 Å². The summed E-state index contributed by atoms with van der Waals surface area (Å²) in [5.74, 6) is -5.16. The molecule has 2 atom stereocenters. The van der Waals surface area contributed by atoms with Crippen LogP contribution in [0.1, 0.15) is 26.2 Å².